The van der Waals surface area contributed by atoms with Gasteiger partial charge >= 0.3 is 0 Å². The number of likely N-dealkylation sites (tertiary alicyclic amines) is 1. The van der Waals surface area contributed by atoms with Crippen molar-refractivity contribution in [2.75, 3.05) is 32.8 Å². The fourth-order valence-corrected chi connectivity index (χ4v) is 3.14. The summed E-state index contributed by atoms with van der Waals surface area (Å²) >= 11 is 0. The van der Waals surface area contributed by atoms with Crippen molar-refractivity contribution < 1.29 is 14.3 Å². The van der Waals surface area contributed by atoms with E-state index in [0.717, 1.165) is 25.9 Å². The molecule has 0 saturated carbocycles. The van der Waals surface area contributed by atoms with Gasteiger partial charge in [-0.05, 0) is 25.7 Å². The lowest BCUT2D eigenvalue weighted by atomic mass is 9.93. The summed E-state index contributed by atoms with van der Waals surface area (Å²) in [5, 5.41) is 6.29. The zero-order valence-corrected chi connectivity index (χ0v) is 16.1. The molecule has 2 fully saturated rings. The van der Waals surface area contributed by atoms with Crippen molar-refractivity contribution >= 4 is 24.2 Å². The number of piperidine rings is 1. The van der Waals surface area contributed by atoms with Gasteiger partial charge in [-0.3, -0.25) is 9.59 Å². The molecule has 2 aliphatic heterocycles. The van der Waals surface area contributed by atoms with Crippen molar-refractivity contribution in [2.24, 2.45) is 11.3 Å². The minimum absolute atomic E-state index is 0. The Morgan fingerprint density at radius 2 is 2.04 bits per heavy atom. The minimum Gasteiger partial charge on any atom is -0.375 e. The molecule has 0 aromatic rings. The normalized spacial score (nSPS) is 28.0. The van der Waals surface area contributed by atoms with E-state index in [9.17, 15) is 9.59 Å². The van der Waals surface area contributed by atoms with Gasteiger partial charge in [0.15, 0.2) is 0 Å². The van der Waals surface area contributed by atoms with Gasteiger partial charge in [-0.2, -0.15) is 0 Å². The zero-order chi connectivity index (χ0) is 17.0. The van der Waals surface area contributed by atoms with Crippen molar-refractivity contribution in [3.63, 3.8) is 0 Å². The van der Waals surface area contributed by atoms with Crippen LogP contribution < -0.4 is 10.6 Å². The average molecular weight is 362 g/mol. The number of hydrogen-bond donors (Lipinski definition) is 2. The quantitative estimate of drug-likeness (QED) is 0.792. The van der Waals surface area contributed by atoms with Crippen LogP contribution >= 0.6 is 12.4 Å². The number of ether oxygens (including phenoxy) is 1. The van der Waals surface area contributed by atoms with Gasteiger partial charge < -0.3 is 20.3 Å². The van der Waals surface area contributed by atoms with E-state index in [4.69, 9.17) is 4.74 Å². The van der Waals surface area contributed by atoms with E-state index in [2.05, 4.69) is 10.6 Å². The summed E-state index contributed by atoms with van der Waals surface area (Å²) < 4.78 is 5.58. The molecule has 1 unspecified atom stereocenters. The molecular formula is C17H32ClN3O3. The third-order valence-electron chi connectivity index (χ3n) is 4.65. The number of carbonyl (C=O) groups excluding carboxylic acids is 2. The Morgan fingerprint density at radius 3 is 2.67 bits per heavy atom. The molecule has 140 valence electrons. The third-order valence-corrected chi connectivity index (χ3v) is 4.65. The fraction of sp³-hybridized carbons (Fsp3) is 0.882. The summed E-state index contributed by atoms with van der Waals surface area (Å²) in [6.07, 6.45) is 1.96. The number of hydrogen-bond acceptors (Lipinski definition) is 4. The Labute approximate surface area is 151 Å². The number of nitrogens with one attached hydrogen (secondary N) is 2. The molecule has 24 heavy (non-hydrogen) atoms. The van der Waals surface area contributed by atoms with E-state index in [-0.39, 0.29) is 41.8 Å². The molecule has 0 radical (unpaired) electrons. The van der Waals surface area contributed by atoms with Crippen LogP contribution in [-0.2, 0) is 14.3 Å². The number of carbonyl (C=O) groups is 2. The summed E-state index contributed by atoms with van der Waals surface area (Å²) in [5.41, 5.74) is -0.372. The van der Waals surface area contributed by atoms with Gasteiger partial charge in [-0.15, -0.1) is 12.4 Å². The smallest absolute Gasteiger partial charge is 0.242 e. The molecule has 0 bridgehead atoms. The highest BCUT2D eigenvalue weighted by molar-refractivity contribution is 5.85. The third kappa shape index (κ3) is 5.60. The average Bonchev–Trinajstić information content (AvgIpc) is 2.51. The van der Waals surface area contributed by atoms with Crippen LogP contribution in [0.25, 0.3) is 0 Å². The molecular weight excluding hydrogens is 330 g/mol. The minimum atomic E-state index is -0.372. The summed E-state index contributed by atoms with van der Waals surface area (Å²) in [6.45, 7) is 11.2. The number of amides is 2. The maximum atomic E-state index is 12.7. The van der Waals surface area contributed by atoms with Gasteiger partial charge in [0.1, 0.15) is 6.04 Å². The van der Waals surface area contributed by atoms with Crippen LogP contribution in [0.1, 0.15) is 40.5 Å². The van der Waals surface area contributed by atoms with E-state index in [0.29, 0.717) is 25.6 Å². The van der Waals surface area contributed by atoms with Gasteiger partial charge in [0.25, 0.3) is 0 Å². The summed E-state index contributed by atoms with van der Waals surface area (Å²) in [7, 11) is 0. The molecule has 0 aromatic carbocycles. The SMILES string of the molecule is C[C@H]1OCCN[C@@H]1C(=O)N1CCCC(CNC(=O)C(C)(C)C)C1.Cl. The first kappa shape index (κ1) is 21.2. The molecule has 2 N–H and O–H groups in total. The van der Waals surface area contributed by atoms with Crippen LogP contribution in [-0.4, -0.2) is 61.6 Å². The van der Waals surface area contributed by atoms with E-state index in [1.165, 1.54) is 0 Å². The Hall–Kier alpha value is -0.850. The molecule has 2 heterocycles. The number of rotatable bonds is 3. The van der Waals surface area contributed by atoms with Crippen molar-refractivity contribution in [3.05, 3.63) is 0 Å². The molecule has 0 aromatic heterocycles. The first-order chi connectivity index (χ1) is 10.8. The predicted octanol–water partition coefficient (Wildman–Crippen LogP) is 1.19. The largest absolute Gasteiger partial charge is 0.375 e. The second-order valence-electron chi connectivity index (χ2n) is 7.76. The topological polar surface area (TPSA) is 70.7 Å². The van der Waals surface area contributed by atoms with Crippen molar-refractivity contribution in [2.45, 2.75) is 52.7 Å². The first-order valence-corrected chi connectivity index (χ1v) is 8.71. The molecule has 2 aliphatic rings. The molecule has 7 heteroatoms. The summed E-state index contributed by atoms with van der Waals surface area (Å²) in [6, 6.07) is -0.244. The molecule has 6 nitrogen and oxygen atoms in total. The number of halogens is 1. The lowest BCUT2D eigenvalue weighted by Crippen LogP contribution is -2.58. The van der Waals surface area contributed by atoms with Crippen LogP contribution in [0.15, 0.2) is 0 Å². The number of nitrogens with zero attached hydrogens (tertiary/aromatic N) is 1. The Balaban J connectivity index is 0.00000288. The van der Waals surface area contributed by atoms with E-state index in [1.54, 1.807) is 0 Å². The Kier molecular flexibility index (Phi) is 7.96. The highest BCUT2D eigenvalue weighted by Crippen LogP contribution is 2.19. The Bertz CT molecular complexity index is 439. The van der Waals surface area contributed by atoms with Crippen LogP contribution in [0.4, 0.5) is 0 Å². The molecule has 2 saturated heterocycles. The standard InChI is InChI=1S/C17H31N3O3.ClH/c1-12-14(18-7-9-23-12)15(21)20-8-5-6-13(11-20)10-19-16(22)17(2,3)4;/h12-14,18H,5-11H2,1-4H3,(H,19,22);1H/t12-,13?,14+;/m1./s1. The van der Waals surface area contributed by atoms with Crippen molar-refractivity contribution in [3.8, 4) is 0 Å². The molecule has 0 spiro atoms. The lowest BCUT2D eigenvalue weighted by molar-refractivity contribution is -0.141. The van der Waals surface area contributed by atoms with Crippen LogP contribution in [0.2, 0.25) is 0 Å². The predicted molar refractivity (Wildman–Crippen MR) is 96.2 cm³/mol. The highest BCUT2D eigenvalue weighted by Gasteiger charge is 2.34. The molecule has 3 atom stereocenters. The van der Waals surface area contributed by atoms with Crippen LogP contribution in [0.3, 0.4) is 0 Å². The van der Waals surface area contributed by atoms with Gasteiger partial charge in [-0.1, -0.05) is 20.8 Å². The van der Waals surface area contributed by atoms with Crippen LogP contribution in [0, 0.1) is 11.3 Å². The summed E-state index contributed by atoms with van der Waals surface area (Å²) in [5.74, 6) is 0.528. The summed E-state index contributed by atoms with van der Waals surface area (Å²) in [4.78, 5) is 26.6. The van der Waals surface area contributed by atoms with Gasteiger partial charge in [-0.25, -0.2) is 0 Å². The Morgan fingerprint density at radius 1 is 1.33 bits per heavy atom. The lowest BCUT2D eigenvalue weighted by Gasteiger charge is -2.38. The van der Waals surface area contributed by atoms with E-state index in [1.807, 2.05) is 32.6 Å². The first-order valence-electron chi connectivity index (χ1n) is 8.71. The van der Waals surface area contributed by atoms with Crippen LogP contribution in [0.5, 0.6) is 0 Å². The van der Waals surface area contributed by atoms with Gasteiger partial charge in [0, 0.05) is 31.6 Å². The second kappa shape index (κ2) is 9.02. The maximum Gasteiger partial charge on any atom is 0.242 e. The maximum absolute atomic E-state index is 12.7. The van der Waals surface area contributed by atoms with E-state index < -0.39 is 0 Å². The molecule has 0 aliphatic carbocycles. The highest BCUT2D eigenvalue weighted by atomic mass is 35.5. The number of morpholine rings is 1. The second-order valence-corrected chi connectivity index (χ2v) is 7.76. The van der Waals surface area contributed by atoms with Gasteiger partial charge in [0.2, 0.25) is 11.8 Å². The zero-order valence-electron chi connectivity index (χ0n) is 15.3. The monoisotopic (exact) mass is 361 g/mol. The van der Waals surface area contributed by atoms with Crippen molar-refractivity contribution in [1.82, 2.24) is 15.5 Å². The van der Waals surface area contributed by atoms with Gasteiger partial charge in [0.05, 0.1) is 12.7 Å². The molecule has 2 rings (SSSR count). The van der Waals surface area contributed by atoms with E-state index >= 15 is 0 Å². The van der Waals surface area contributed by atoms with Crippen molar-refractivity contribution in [1.29, 1.82) is 0 Å². The fourth-order valence-electron chi connectivity index (χ4n) is 3.14. The molecule has 2 amide bonds.